The van der Waals surface area contributed by atoms with Crippen molar-refractivity contribution in [3.63, 3.8) is 0 Å². The van der Waals surface area contributed by atoms with Crippen LogP contribution in [-0.4, -0.2) is 29.7 Å². The van der Waals surface area contributed by atoms with Gasteiger partial charge in [-0.05, 0) is 37.8 Å². The van der Waals surface area contributed by atoms with Crippen molar-refractivity contribution in [2.75, 3.05) is 6.61 Å². The summed E-state index contributed by atoms with van der Waals surface area (Å²) in [7, 11) is 0. The van der Waals surface area contributed by atoms with Gasteiger partial charge < -0.3 is 10.1 Å². The van der Waals surface area contributed by atoms with Crippen LogP contribution >= 0.6 is 0 Å². The number of carbonyl (C=O) groups excluding carboxylic acids is 3. The van der Waals surface area contributed by atoms with Gasteiger partial charge in [-0.1, -0.05) is 68.4 Å². The van der Waals surface area contributed by atoms with Crippen molar-refractivity contribution in [2.45, 2.75) is 46.3 Å². The molecule has 0 heterocycles. The third-order valence-electron chi connectivity index (χ3n) is 4.86. The van der Waals surface area contributed by atoms with Crippen LogP contribution in [0.1, 0.15) is 55.6 Å². The van der Waals surface area contributed by atoms with Gasteiger partial charge in [0, 0.05) is 30.4 Å². The Morgan fingerprint density at radius 2 is 1.55 bits per heavy atom. The van der Waals surface area contributed by atoms with Crippen LogP contribution in [0.5, 0.6) is 0 Å². The summed E-state index contributed by atoms with van der Waals surface area (Å²) in [6.45, 7) is 8.39. The van der Waals surface area contributed by atoms with Crippen molar-refractivity contribution in [3.05, 3.63) is 83.4 Å². The van der Waals surface area contributed by atoms with Gasteiger partial charge in [0.05, 0.1) is 0 Å². The Kier molecular flexibility index (Phi) is 8.88. The topological polar surface area (TPSA) is 72.5 Å². The van der Waals surface area contributed by atoms with Crippen LogP contribution in [-0.2, 0) is 20.9 Å². The SMILES string of the molecule is CC(C)CCOC(C)(C)C(=O)/C=C\C(=O)NCc1ccc(C(=O)c2ccccc2)cc1. The van der Waals surface area contributed by atoms with E-state index in [4.69, 9.17) is 4.74 Å². The minimum atomic E-state index is -0.965. The summed E-state index contributed by atoms with van der Waals surface area (Å²) >= 11 is 0. The molecule has 0 radical (unpaired) electrons. The monoisotopic (exact) mass is 421 g/mol. The van der Waals surface area contributed by atoms with Crippen molar-refractivity contribution >= 4 is 17.5 Å². The van der Waals surface area contributed by atoms with Gasteiger partial charge in [0.2, 0.25) is 5.91 Å². The summed E-state index contributed by atoms with van der Waals surface area (Å²) in [5, 5.41) is 2.74. The molecule has 31 heavy (non-hydrogen) atoms. The molecule has 2 rings (SSSR count). The number of benzene rings is 2. The number of hydrogen-bond donors (Lipinski definition) is 1. The number of ketones is 2. The lowest BCUT2D eigenvalue weighted by Gasteiger charge is -2.22. The first-order valence-electron chi connectivity index (χ1n) is 10.5. The average molecular weight is 422 g/mol. The van der Waals surface area contributed by atoms with Crippen molar-refractivity contribution in [1.29, 1.82) is 0 Å². The third-order valence-corrected chi connectivity index (χ3v) is 4.86. The van der Waals surface area contributed by atoms with Crippen LogP contribution in [0.4, 0.5) is 0 Å². The highest BCUT2D eigenvalue weighted by atomic mass is 16.5. The van der Waals surface area contributed by atoms with Gasteiger partial charge in [0.1, 0.15) is 5.60 Å². The predicted octanol–water partition coefficient (Wildman–Crippen LogP) is 4.50. The minimum absolute atomic E-state index is 0.0455. The number of ether oxygens (including phenoxy) is 1. The molecule has 0 saturated heterocycles. The summed E-state index contributed by atoms with van der Waals surface area (Å²) in [6, 6.07) is 16.2. The largest absolute Gasteiger partial charge is 0.367 e. The standard InChI is InChI=1S/C26H31NO4/c1-19(2)16-17-31-26(3,4)23(28)14-15-24(29)27-18-20-10-12-22(13-11-20)25(30)21-8-6-5-7-9-21/h5-15,19H,16-18H2,1-4H3,(H,27,29)/b15-14-. The van der Waals surface area contributed by atoms with E-state index in [9.17, 15) is 14.4 Å². The van der Waals surface area contributed by atoms with E-state index in [-0.39, 0.29) is 17.5 Å². The zero-order valence-corrected chi connectivity index (χ0v) is 18.7. The smallest absolute Gasteiger partial charge is 0.244 e. The van der Waals surface area contributed by atoms with Gasteiger partial charge in [0.15, 0.2) is 11.6 Å². The highest BCUT2D eigenvalue weighted by Crippen LogP contribution is 2.14. The molecule has 0 aliphatic heterocycles. The van der Waals surface area contributed by atoms with Gasteiger partial charge >= 0.3 is 0 Å². The first kappa shape index (κ1) is 24.2. The second-order valence-electron chi connectivity index (χ2n) is 8.35. The van der Waals surface area contributed by atoms with Crippen LogP contribution in [0.25, 0.3) is 0 Å². The predicted molar refractivity (Wildman–Crippen MR) is 122 cm³/mol. The highest BCUT2D eigenvalue weighted by Gasteiger charge is 2.26. The number of amides is 1. The van der Waals surface area contributed by atoms with Gasteiger partial charge in [-0.25, -0.2) is 0 Å². The normalized spacial score (nSPS) is 11.6. The van der Waals surface area contributed by atoms with E-state index in [0.717, 1.165) is 12.0 Å². The molecule has 5 heteroatoms. The summed E-state index contributed by atoms with van der Waals surface area (Å²) in [6.07, 6.45) is 3.35. The lowest BCUT2D eigenvalue weighted by atomic mass is 10.0. The summed E-state index contributed by atoms with van der Waals surface area (Å²) in [5.41, 5.74) is 1.11. The van der Waals surface area contributed by atoms with Gasteiger partial charge in [-0.3, -0.25) is 14.4 Å². The number of nitrogens with one attached hydrogen (secondary N) is 1. The zero-order valence-electron chi connectivity index (χ0n) is 18.7. The van der Waals surface area contributed by atoms with Crippen molar-refractivity contribution in [1.82, 2.24) is 5.32 Å². The second-order valence-corrected chi connectivity index (χ2v) is 8.35. The van der Waals surface area contributed by atoms with E-state index >= 15 is 0 Å². The molecule has 0 saturated carbocycles. The van der Waals surface area contributed by atoms with Crippen molar-refractivity contribution in [2.24, 2.45) is 5.92 Å². The first-order chi connectivity index (χ1) is 14.7. The van der Waals surface area contributed by atoms with Gasteiger partial charge in [0.25, 0.3) is 0 Å². The fourth-order valence-corrected chi connectivity index (χ4v) is 2.75. The molecule has 0 bridgehead atoms. The lowest BCUT2D eigenvalue weighted by molar-refractivity contribution is -0.135. The molecule has 0 spiro atoms. The molecule has 2 aromatic rings. The Bertz CT molecular complexity index is 912. The lowest BCUT2D eigenvalue weighted by Crippen LogP contribution is -2.34. The van der Waals surface area contributed by atoms with E-state index < -0.39 is 5.60 Å². The molecule has 164 valence electrons. The number of rotatable bonds is 11. The number of carbonyl (C=O) groups is 3. The van der Waals surface area contributed by atoms with Gasteiger partial charge in [-0.15, -0.1) is 0 Å². The molecule has 0 atom stereocenters. The maximum Gasteiger partial charge on any atom is 0.244 e. The fourth-order valence-electron chi connectivity index (χ4n) is 2.75. The maximum atomic E-state index is 12.4. The van der Waals surface area contributed by atoms with Crippen molar-refractivity contribution < 1.29 is 19.1 Å². The van der Waals surface area contributed by atoms with Crippen LogP contribution in [0.15, 0.2) is 66.7 Å². The molecule has 1 N–H and O–H groups in total. The molecular weight excluding hydrogens is 390 g/mol. The molecule has 0 fully saturated rings. The highest BCUT2D eigenvalue weighted by molar-refractivity contribution is 6.09. The van der Waals surface area contributed by atoms with Crippen LogP contribution in [0, 0.1) is 5.92 Å². The van der Waals surface area contributed by atoms with E-state index in [1.54, 1.807) is 50.2 Å². The summed E-state index contributed by atoms with van der Waals surface area (Å²) < 4.78 is 5.67. The minimum Gasteiger partial charge on any atom is -0.367 e. The molecule has 5 nitrogen and oxygen atoms in total. The maximum absolute atomic E-state index is 12.4. The first-order valence-corrected chi connectivity index (χ1v) is 10.5. The molecule has 0 aliphatic rings. The van der Waals surface area contributed by atoms with Crippen LogP contribution < -0.4 is 5.32 Å². The fraction of sp³-hybridized carbons (Fsp3) is 0.346. The Balaban J connectivity index is 1.84. The Hall–Kier alpha value is -3.05. The van der Waals surface area contributed by atoms with Crippen LogP contribution in [0.2, 0.25) is 0 Å². The molecule has 1 amide bonds. The summed E-state index contributed by atoms with van der Waals surface area (Å²) in [4.78, 5) is 36.8. The molecule has 0 aromatic heterocycles. The van der Waals surface area contributed by atoms with Crippen molar-refractivity contribution in [3.8, 4) is 0 Å². The Labute approximate surface area is 184 Å². The van der Waals surface area contributed by atoms with Crippen LogP contribution in [0.3, 0.4) is 0 Å². The second kappa shape index (κ2) is 11.4. The Morgan fingerprint density at radius 3 is 2.16 bits per heavy atom. The van der Waals surface area contributed by atoms with E-state index in [1.165, 1.54) is 12.2 Å². The van der Waals surface area contributed by atoms with Gasteiger partial charge in [-0.2, -0.15) is 0 Å². The van der Waals surface area contributed by atoms with E-state index in [1.807, 2.05) is 18.2 Å². The quantitative estimate of drug-likeness (QED) is 0.428. The zero-order chi connectivity index (χ0) is 22.9. The Morgan fingerprint density at radius 1 is 0.935 bits per heavy atom. The third kappa shape index (κ3) is 7.95. The number of hydrogen-bond acceptors (Lipinski definition) is 4. The molecule has 0 unspecified atom stereocenters. The molecule has 2 aromatic carbocycles. The average Bonchev–Trinajstić information content (AvgIpc) is 2.76. The van der Waals surface area contributed by atoms with E-state index in [0.29, 0.717) is 30.2 Å². The summed E-state index contributed by atoms with van der Waals surface area (Å²) in [5.74, 6) is -0.167. The molecular formula is C26H31NO4. The van der Waals surface area contributed by atoms with E-state index in [2.05, 4.69) is 19.2 Å². The molecule has 0 aliphatic carbocycles.